The van der Waals surface area contributed by atoms with Crippen molar-refractivity contribution in [2.45, 2.75) is 18.6 Å². The molecular weight excluding hydrogens is 408 g/mol. The molecule has 98 valence electrons. The van der Waals surface area contributed by atoms with Crippen LogP contribution < -0.4 is 5.14 Å². The normalized spacial score (nSPS) is 12.0. The predicted molar refractivity (Wildman–Crippen MR) is 75.8 cm³/mol. The topological polar surface area (TPSA) is 90.9 Å². The van der Waals surface area contributed by atoms with Crippen molar-refractivity contribution in [2.75, 3.05) is 0 Å². The largest absolute Gasteiger partial charge is 0.296 e. The quantitative estimate of drug-likeness (QED) is 0.831. The van der Waals surface area contributed by atoms with Crippen LogP contribution in [0.1, 0.15) is 6.92 Å². The van der Waals surface area contributed by atoms with Crippen molar-refractivity contribution >= 4 is 53.2 Å². The highest BCUT2D eigenvalue weighted by atomic mass is 79.9. The summed E-state index contributed by atoms with van der Waals surface area (Å²) >= 11 is 8.18. The second-order valence-corrected chi connectivity index (χ2v) is 8.01. The first-order valence-corrected chi connectivity index (χ1v) is 8.70. The van der Waals surface area contributed by atoms with Crippen LogP contribution in [0.3, 0.4) is 0 Å². The van der Waals surface area contributed by atoms with E-state index in [1.165, 1.54) is 15.9 Å². The van der Waals surface area contributed by atoms with E-state index in [1.54, 1.807) is 6.92 Å². The Balaban J connectivity index is 2.63. The maximum absolute atomic E-state index is 11.4. The van der Waals surface area contributed by atoms with Crippen LogP contribution in [0.5, 0.6) is 0 Å². The van der Waals surface area contributed by atoms with Crippen molar-refractivity contribution in [1.29, 1.82) is 0 Å². The van der Waals surface area contributed by atoms with Crippen molar-refractivity contribution in [1.82, 2.24) is 14.8 Å². The standard InChI is InChI=1S/C8H8Br2N4O2S2/c1-2-14-7(5-3-4(9)6(10)17-5)12-13-8(14)18(11,15)16/h3H,2H2,1H3,(H2,11,15,16). The van der Waals surface area contributed by atoms with E-state index >= 15 is 0 Å². The average molecular weight is 416 g/mol. The fourth-order valence-electron chi connectivity index (χ4n) is 1.42. The molecule has 0 aliphatic carbocycles. The number of thiophene rings is 1. The highest BCUT2D eigenvalue weighted by Gasteiger charge is 2.22. The molecule has 2 N–H and O–H groups in total. The van der Waals surface area contributed by atoms with Crippen LogP contribution in [0.2, 0.25) is 0 Å². The molecule has 2 rings (SSSR count). The van der Waals surface area contributed by atoms with E-state index in [4.69, 9.17) is 5.14 Å². The van der Waals surface area contributed by atoms with Crippen molar-refractivity contribution < 1.29 is 8.42 Å². The molecule has 0 spiro atoms. The van der Waals surface area contributed by atoms with Gasteiger partial charge >= 0.3 is 0 Å². The Morgan fingerprint density at radius 1 is 1.44 bits per heavy atom. The second-order valence-electron chi connectivity index (χ2n) is 3.33. The molecule has 2 heterocycles. The van der Waals surface area contributed by atoms with Gasteiger partial charge in [0.2, 0.25) is 0 Å². The third-order valence-corrected chi connectivity index (χ3v) is 6.22. The van der Waals surface area contributed by atoms with Crippen LogP contribution in [0.25, 0.3) is 10.7 Å². The number of sulfonamides is 1. The summed E-state index contributed by atoms with van der Waals surface area (Å²) in [5.41, 5.74) is 0. The monoisotopic (exact) mass is 414 g/mol. The van der Waals surface area contributed by atoms with Crippen molar-refractivity contribution in [3.05, 3.63) is 14.3 Å². The highest BCUT2D eigenvalue weighted by Crippen LogP contribution is 2.37. The van der Waals surface area contributed by atoms with Crippen LogP contribution >= 0.6 is 43.2 Å². The van der Waals surface area contributed by atoms with Gasteiger partial charge in [0, 0.05) is 11.0 Å². The van der Waals surface area contributed by atoms with Crippen molar-refractivity contribution in [2.24, 2.45) is 5.14 Å². The molecule has 0 unspecified atom stereocenters. The number of primary sulfonamides is 1. The summed E-state index contributed by atoms with van der Waals surface area (Å²) < 4.78 is 26.0. The Morgan fingerprint density at radius 3 is 2.56 bits per heavy atom. The zero-order valence-corrected chi connectivity index (χ0v) is 13.9. The van der Waals surface area contributed by atoms with Gasteiger partial charge in [0.05, 0.1) is 8.66 Å². The number of halogens is 2. The molecule has 0 aliphatic heterocycles. The molecule has 0 radical (unpaired) electrons. The molecule has 6 nitrogen and oxygen atoms in total. The van der Waals surface area contributed by atoms with Gasteiger partial charge in [-0.15, -0.1) is 21.5 Å². The Morgan fingerprint density at radius 2 is 2.11 bits per heavy atom. The third-order valence-electron chi connectivity index (χ3n) is 2.15. The predicted octanol–water partition coefficient (Wildman–Crippen LogP) is 2.20. The minimum absolute atomic E-state index is 0.222. The Kier molecular flexibility index (Phi) is 3.93. The molecule has 0 saturated heterocycles. The molecule has 0 aliphatic rings. The van der Waals surface area contributed by atoms with E-state index in [0.29, 0.717) is 12.4 Å². The summed E-state index contributed by atoms with van der Waals surface area (Å²) in [6.45, 7) is 2.22. The number of nitrogens with two attached hydrogens (primary N) is 1. The first-order chi connectivity index (χ1) is 8.34. The lowest BCUT2D eigenvalue weighted by Gasteiger charge is -2.03. The Hall–Kier alpha value is -0.290. The van der Waals surface area contributed by atoms with E-state index in [9.17, 15) is 8.42 Å². The van der Waals surface area contributed by atoms with Gasteiger partial charge in [-0.3, -0.25) is 4.57 Å². The van der Waals surface area contributed by atoms with Crippen molar-refractivity contribution in [3.63, 3.8) is 0 Å². The number of hydrogen-bond acceptors (Lipinski definition) is 5. The lowest BCUT2D eigenvalue weighted by Crippen LogP contribution is -2.18. The molecule has 0 aromatic carbocycles. The molecule has 2 aromatic heterocycles. The van der Waals surface area contributed by atoms with Crippen LogP contribution in [-0.2, 0) is 16.6 Å². The molecular formula is C8H8Br2N4O2S2. The number of nitrogens with zero attached hydrogens (tertiary/aromatic N) is 3. The lowest BCUT2D eigenvalue weighted by molar-refractivity contribution is 0.571. The summed E-state index contributed by atoms with van der Waals surface area (Å²) in [5.74, 6) is 0.484. The number of aromatic nitrogens is 3. The third kappa shape index (κ3) is 2.52. The van der Waals surface area contributed by atoms with Crippen molar-refractivity contribution in [3.8, 4) is 10.7 Å². The number of hydrogen-bond donors (Lipinski definition) is 1. The molecule has 10 heteroatoms. The summed E-state index contributed by atoms with van der Waals surface area (Å²) in [6, 6.07) is 1.85. The second kappa shape index (κ2) is 5.00. The van der Waals surface area contributed by atoms with Gasteiger partial charge < -0.3 is 0 Å². The first-order valence-electron chi connectivity index (χ1n) is 4.75. The van der Waals surface area contributed by atoms with Crippen LogP contribution in [0, 0.1) is 0 Å². The zero-order chi connectivity index (χ0) is 13.5. The molecule has 0 bridgehead atoms. The summed E-state index contributed by atoms with van der Waals surface area (Å²) in [7, 11) is -3.87. The zero-order valence-electron chi connectivity index (χ0n) is 9.09. The lowest BCUT2D eigenvalue weighted by atomic mass is 10.4. The van der Waals surface area contributed by atoms with E-state index in [-0.39, 0.29) is 5.16 Å². The van der Waals surface area contributed by atoms with Gasteiger partial charge in [-0.2, -0.15) is 0 Å². The maximum atomic E-state index is 11.4. The van der Waals surface area contributed by atoms with Crippen LogP contribution in [-0.4, -0.2) is 23.2 Å². The molecule has 2 aromatic rings. The summed E-state index contributed by atoms with van der Waals surface area (Å²) in [4.78, 5) is 0.804. The minimum atomic E-state index is -3.87. The molecule has 0 fully saturated rings. The van der Waals surface area contributed by atoms with Gasteiger partial charge in [0.25, 0.3) is 15.2 Å². The van der Waals surface area contributed by atoms with E-state index in [2.05, 4.69) is 42.1 Å². The van der Waals surface area contributed by atoms with Crippen LogP contribution in [0.15, 0.2) is 19.5 Å². The smallest absolute Gasteiger partial charge is 0.273 e. The van der Waals surface area contributed by atoms with Gasteiger partial charge in [0.1, 0.15) is 0 Å². The SMILES string of the molecule is CCn1c(-c2cc(Br)c(Br)s2)nnc1S(N)(=O)=O. The fraction of sp³-hybridized carbons (Fsp3) is 0.250. The van der Waals surface area contributed by atoms with Crippen LogP contribution in [0.4, 0.5) is 0 Å². The molecule has 18 heavy (non-hydrogen) atoms. The summed E-state index contributed by atoms with van der Waals surface area (Å²) in [6.07, 6.45) is 0. The van der Waals surface area contributed by atoms with E-state index in [0.717, 1.165) is 13.1 Å². The minimum Gasteiger partial charge on any atom is -0.296 e. The van der Waals surface area contributed by atoms with Gasteiger partial charge in [-0.05, 0) is 44.8 Å². The summed E-state index contributed by atoms with van der Waals surface area (Å²) in [5, 5.41) is 12.4. The number of rotatable bonds is 3. The molecule has 0 atom stereocenters. The molecule has 0 saturated carbocycles. The Labute approximate surface area is 125 Å². The first kappa shape index (κ1) is 14.1. The fourth-order valence-corrected chi connectivity index (χ4v) is 4.13. The maximum Gasteiger partial charge on any atom is 0.273 e. The van der Waals surface area contributed by atoms with Gasteiger partial charge in [-0.1, -0.05) is 0 Å². The molecule has 0 amide bonds. The average Bonchev–Trinajstić information content (AvgIpc) is 2.82. The van der Waals surface area contributed by atoms with E-state index < -0.39 is 10.0 Å². The van der Waals surface area contributed by atoms with Gasteiger partial charge in [-0.25, -0.2) is 13.6 Å². The van der Waals surface area contributed by atoms with E-state index in [1.807, 2.05) is 6.07 Å². The van der Waals surface area contributed by atoms with Gasteiger partial charge in [0.15, 0.2) is 5.82 Å². The highest BCUT2D eigenvalue weighted by molar-refractivity contribution is 9.13. The Bertz CT molecular complexity index is 673.